The normalized spacial score (nSPS) is 20.6. The van der Waals surface area contributed by atoms with Gasteiger partial charge in [0.2, 0.25) is 11.8 Å². The maximum atomic E-state index is 12.7. The van der Waals surface area contributed by atoms with Gasteiger partial charge in [-0.1, -0.05) is 20.3 Å². The van der Waals surface area contributed by atoms with Gasteiger partial charge in [-0.25, -0.2) is 4.79 Å². The van der Waals surface area contributed by atoms with Crippen LogP contribution in [0, 0.1) is 5.92 Å². The number of rotatable bonds is 9. The average molecular weight is 357 g/mol. The van der Waals surface area contributed by atoms with E-state index in [1.54, 1.807) is 6.92 Å². The van der Waals surface area contributed by atoms with Gasteiger partial charge in [-0.2, -0.15) is 0 Å². The van der Waals surface area contributed by atoms with E-state index in [1.807, 2.05) is 6.92 Å². The van der Waals surface area contributed by atoms with E-state index in [2.05, 4.69) is 5.32 Å². The molecule has 1 aliphatic rings. The molecule has 0 radical (unpaired) electrons. The number of likely N-dealkylation sites (tertiary alicyclic amines) is 1. The maximum Gasteiger partial charge on any atom is 0.326 e. The molecule has 4 atom stereocenters. The van der Waals surface area contributed by atoms with Gasteiger partial charge in [0, 0.05) is 13.0 Å². The summed E-state index contributed by atoms with van der Waals surface area (Å²) >= 11 is 0. The topological polar surface area (TPSA) is 150 Å². The summed E-state index contributed by atoms with van der Waals surface area (Å²) in [5.74, 6) is -3.42. The molecule has 0 aromatic rings. The third-order valence-corrected chi connectivity index (χ3v) is 4.64. The molecule has 0 aliphatic carbocycles. The Morgan fingerprint density at radius 3 is 2.44 bits per heavy atom. The van der Waals surface area contributed by atoms with E-state index in [0.29, 0.717) is 19.3 Å². The first kappa shape index (κ1) is 20.9. The van der Waals surface area contributed by atoms with Gasteiger partial charge in [-0.05, 0) is 25.2 Å². The molecule has 9 heteroatoms. The highest BCUT2D eigenvalue weighted by atomic mass is 16.4. The van der Waals surface area contributed by atoms with Gasteiger partial charge in [0.05, 0.1) is 6.04 Å². The maximum absolute atomic E-state index is 12.7. The second kappa shape index (κ2) is 9.36. The first-order valence-electron chi connectivity index (χ1n) is 8.50. The number of nitrogens with two attached hydrogens (primary N) is 1. The van der Waals surface area contributed by atoms with Crippen molar-refractivity contribution in [2.24, 2.45) is 11.7 Å². The lowest BCUT2D eigenvalue weighted by atomic mass is 9.98. The molecule has 1 fully saturated rings. The number of hydrogen-bond donors (Lipinski definition) is 4. The molecule has 5 N–H and O–H groups in total. The summed E-state index contributed by atoms with van der Waals surface area (Å²) in [7, 11) is 0. The first-order valence-corrected chi connectivity index (χ1v) is 8.50. The van der Waals surface area contributed by atoms with Crippen LogP contribution >= 0.6 is 0 Å². The monoisotopic (exact) mass is 357 g/mol. The van der Waals surface area contributed by atoms with E-state index in [9.17, 15) is 24.3 Å². The van der Waals surface area contributed by atoms with Gasteiger partial charge < -0.3 is 26.2 Å². The average Bonchev–Trinajstić information content (AvgIpc) is 3.05. The highest BCUT2D eigenvalue weighted by Gasteiger charge is 2.38. The highest BCUT2D eigenvalue weighted by molar-refractivity contribution is 5.92. The minimum atomic E-state index is -1.11. The standard InChI is InChI=1S/C16H27N3O6/c1-3-9(2)13(17)14(22)18-10(6-7-12(20)21)15(23)19-8-4-5-11(19)16(24)25/h9-11,13H,3-8,17H2,1-2H3,(H,18,22)(H,20,21)(H,24,25)/t9-,10-,11+,13-/m0/s1. The van der Waals surface area contributed by atoms with E-state index in [-0.39, 0.29) is 25.3 Å². The van der Waals surface area contributed by atoms with Crippen LogP contribution in [0.3, 0.4) is 0 Å². The van der Waals surface area contributed by atoms with Crippen molar-refractivity contribution in [2.45, 2.75) is 64.1 Å². The number of carbonyl (C=O) groups excluding carboxylic acids is 2. The van der Waals surface area contributed by atoms with Crippen LogP contribution in [0.1, 0.15) is 46.0 Å². The number of nitrogens with one attached hydrogen (secondary N) is 1. The number of carbonyl (C=O) groups is 4. The van der Waals surface area contributed by atoms with Crippen molar-refractivity contribution in [2.75, 3.05) is 6.54 Å². The number of nitrogens with zero attached hydrogens (tertiary/aromatic N) is 1. The smallest absolute Gasteiger partial charge is 0.326 e. The van der Waals surface area contributed by atoms with Crippen LogP contribution in [0.2, 0.25) is 0 Å². The van der Waals surface area contributed by atoms with Crippen LogP contribution in [0.5, 0.6) is 0 Å². The van der Waals surface area contributed by atoms with Gasteiger partial charge in [-0.15, -0.1) is 0 Å². The van der Waals surface area contributed by atoms with Gasteiger partial charge in [-0.3, -0.25) is 14.4 Å². The number of carboxylic acids is 2. The Morgan fingerprint density at radius 2 is 1.92 bits per heavy atom. The Bertz CT molecular complexity index is 524. The highest BCUT2D eigenvalue weighted by Crippen LogP contribution is 2.20. The number of hydrogen-bond acceptors (Lipinski definition) is 5. The third-order valence-electron chi connectivity index (χ3n) is 4.64. The Morgan fingerprint density at radius 1 is 1.28 bits per heavy atom. The quantitative estimate of drug-likeness (QED) is 0.445. The molecule has 142 valence electrons. The molecule has 1 heterocycles. The fourth-order valence-electron chi connectivity index (χ4n) is 2.79. The molecule has 0 spiro atoms. The molecule has 0 unspecified atom stereocenters. The van der Waals surface area contributed by atoms with Crippen LogP contribution in [0.25, 0.3) is 0 Å². The van der Waals surface area contributed by atoms with E-state index in [0.717, 1.165) is 0 Å². The van der Waals surface area contributed by atoms with E-state index < -0.39 is 41.9 Å². The van der Waals surface area contributed by atoms with E-state index in [4.69, 9.17) is 10.8 Å². The van der Waals surface area contributed by atoms with Crippen molar-refractivity contribution in [1.82, 2.24) is 10.2 Å². The van der Waals surface area contributed by atoms with Crippen LogP contribution in [0.15, 0.2) is 0 Å². The lowest BCUT2D eigenvalue weighted by molar-refractivity contribution is -0.150. The van der Waals surface area contributed by atoms with Crippen molar-refractivity contribution in [3.05, 3.63) is 0 Å². The lowest BCUT2D eigenvalue weighted by Gasteiger charge is -2.28. The lowest BCUT2D eigenvalue weighted by Crippen LogP contribution is -2.55. The first-order chi connectivity index (χ1) is 11.7. The summed E-state index contributed by atoms with van der Waals surface area (Å²) in [6.07, 6.45) is 1.13. The minimum absolute atomic E-state index is 0.103. The van der Waals surface area contributed by atoms with Crippen molar-refractivity contribution in [3.63, 3.8) is 0 Å². The van der Waals surface area contributed by atoms with Crippen LogP contribution in [-0.4, -0.2) is 63.5 Å². The molecular weight excluding hydrogens is 330 g/mol. The van der Waals surface area contributed by atoms with Crippen molar-refractivity contribution in [3.8, 4) is 0 Å². The summed E-state index contributed by atoms with van der Waals surface area (Å²) in [5.41, 5.74) is 5.86. The predicted octanol–water partition coefficient (Wildman–Crippen LogP) is -0.215. The molecule has 0 saturated carbocycles. The minimum Gasteiger partial charge on any atom is -0.481 e. The Labute approximate surface area is 146 Å². The second-order valence-electron chi connectivity index (χ2n) is 6.43. The summed E-state index contributed by atoms with van der Waals surface area (Å²) in [5, 5.41) is 20.6. The Kier molecular flexibility index (Phi) is 7.82. The molecule has 1 rings (SSSR count). The molecule has 1 saturated heterocycles. The van der Waals surface area contributed by atoms with Crippen molar-refractivity contribution >= 4 is 23.8 Å². The summed E-state index contributed by atoms with van der Waals surface area (Å²) in [4.78, 5) is 48.3. The van der Waals surface area contributed by atoms with Crippen LogP contribution in [-0.2, 0) is 19.2 Å². The molecule has 2 amide bonds. The summed E-state index contributed by atoms with van der Waals surface area (Å²) in [6.45, 7) is 3.96. The summed E-state index contributed by atoms with van der Waals surface area (Å²) in [6, 6.07) is -2.86. The zero-order valence-electron chi connectivity index (χ0n) is 14.6. The third kappa shape index (κ3) is 5.70. The zero-order valence-corrected chi connectivity index (χ0v) is 14.6. The van der Waals surface area contributed by atoms with Crippen LogP contribution in [0.4, 0.5) is 0 Å². The van der Waals surface area contributed by atoms with E-state index in [1.165, 1.54) is 4.90 Å². The summed E-state index contributed by atoms with van der Waals surface area (Å²) < 4.78 is 0. The molecule has 0 aromatic carbocycles. The second-order valence-corrected chi connectivity index (χ2v) is 6.43. The van der Waals surface area contributed by atoms with E-state index >= 15 is 0 Å². The molecule has 25 heavy (non-hydrogen) atoms. The zero-order chi connectivity index (χ0) is 19.1. The molecule has 0 aromatic heterocycles. The Balaban J connectivity index is 2.88. The molecule has 9 nitrogen and oxygen atoms in total. The predicted molar refractivity (Wildman–Crippen MR) is 88.6 cm³/mol. The number of carboxylic acid groups (broad SMARTS) is 2. The van der Waals surface area contributed by atoms with Crippen molar-refractivity contribution < 1.29 is 29.4 Å². The van der Waals surface area contributed by atoms with Gasteiger partial charge >= 0.3 is 11.9 Å². The molecule has 0 bridgehead atoms. The van der Waals surface area contributed by atoms with Gasteiger partial charge in [0.15, 0.2) is 0 Å². The largest absolute Gasteiger partial charge is 0.481 e. The fourth-order valence-corrected chi connectivity index (χ4v) is 2.79. The van der Waals surface area contributed by atoms with Gasteiger partial charge in [0.25, 0.3) is 0 Å². The Hall–Kier alpha value is -2.16. The van der Waals surface area contributed by atoms with Crippen LogP contribution < -0.4 is 11.1 Å². The van der Waals surface area contributed by atoms with Gasteiger partial charge in [0.1, 0.15) is 12.1 Å². The fraction of sp³-hybridized carbons (Fsp3) is 0.750. The SMILES string of the molecule is CC[C@H](C)[C@H](N)C(=O)N[C@@H](CCC(=O)O)C(=O)N1CCC[C@@H]1C(=O)O. The number of aliphatic carboxylic acids is 2. The number of amides is 2. The van der Waals surface area contributed by atoms with Crippen molar-refractivity contribution in [1.29, 1.82) is 0 Å². The molecular formula is C16H27N3O6. The molecule has 1 aliphatic heterocycles.